The van der Waals surface area contributed by atoms with E-state index in [1.807, 2.05) is 13.2 Å². The molecule has 8 heteroatoms. The predicted octanol–water partition coefficient (Wildman–Crippen LogP) is 3.14. The molecule has 0 aliphatic heterocycles. The summed E-state index contributed by atoms with van der Waals surface area (Å²) in [5.41, 5.74) is 2.76. The smallest absolute Gasteiger partial charge is 0.242 e. The largest absolute Gasteiger partial charge is 0.347 e. The van der Waals surface area contributed by atoms with Gasteiger partial charge in [-0.15, -0.1) is 11.3 Å². The molecule has 1 aromatic carbocycles. The number of nitrogens with one attached hydrogen (secondary N) is 2. The summed E-state index contributed by atoms with van der Waals surface area (Å²) >= 11 is 1.58. The molecule has 2 aromatic heterocycles. The third-order valence-corrected chi connectivity index (χ3v) is 6.23. The zero-order chi connectivity index (χ0) is 19.7. The van der Waals surface area contributed by atoms with Crippen LogP contribution in [0.25, 0.3) is 10.6 Å². The Kier molecular flexibility index (Phi) is 5.23. The maximum absolute atomic E-state index is 13.2. The number of nitrogens with zero attached hydrogens (tertiary/aromatic N) is 3. The van der Waals surface area contributed by atoms with Crippen molar-refractivity contribution in [3.63, 3.8) is 0 Å². The molecule has 28 heavy (non-hydrogen) atoms. The van der Waals surface area contributed by atoms with Gasteiger partial charge in [0.25, 0.3) is 0 Å². The van der Waals surface area contributed by atoms with Crippen LogP contribution in [-0.2, 0) is 18.3 Å². The Labute approximate surface area is 166 Å². The SMILES string of the molecule is CNC(C(=O)NC1CCCc2nc(-c3ccc(F)cc3)sc21)c1cnn(C)c1. The first-order chi connectivity index (χ1) is 13.5. The van der Waals surface area contributed by atoms with Crippen LogP contribution < -0.4 is 10.6 Å². The summed E-state index contributed by atoms with van der Waals surface area (Å²) in [7, 11) is 3.60. The van der Waals surface area contributed by atoms with Crippen molar-refractivity contribution in [2.75, 3.05) is 7.05 Å². The van der Waals surface area contributed by atoms with Crippen molar-refractivity contribution in [2.24, 2.45) is 7.05 Å². The Balaban J connectivity index is 1.55. The summed E-state index contributed by atoms with van der Waals surface area (Å²) in [6, 6.07) is 5.86. The monoisotopic (exact) mass is 399 g/mol. The van der Waals surface area contributed by atoms with Gasteiger partial charge in [0.1, 0.15) is 16.9 Å². The van der Waals surface area contributed by atoms with Crippen LogP contribution in [0.3, 0.4) is 0 Å². The highest BCUT2D eigenvalue weighted by Gasteiger charge is 2.29. The number of hydrogen-bond acceptors (Lipinski definition) is 5. The van der Waals surface area contributed by atoms with E-state index in [2.05, 4.69) is 15.7 Å². The Morgan fingerprint density at radius 2 is 2.14 bits per heavy atom. The fraction of sp³-hybridized carbons (Fsp3) is 0.350. The van der Waals surface area contributed by atoms with Crippen LogP contribution in [0, 0.1) is 5.82 Å². The molecule has 0 spiro atoms. The maximum atomic E-state index is 13.2. The van der Waals surface area contributed by atoms with Crippen LogP contribution in [0.1, 0.15) is 41.1 Å². The molecule has 1 aliphatic carbocycles. The second-order valence-corrected chi connectivity index (χ2v) is 7.99. The topological polar surface area (TPSA) is 71.8 Å². The highest BCUT2D eigenvalue weighted by Crippen LogP contribution is 2.38. The van der Waals surface area contributed by atoms with E-state index in [0.717, 1.165) is 46.0 Å². The molecule has 6 nitrogen and oxygen atoms in total. The molecule has 0 fully saturated rings. The van der Waals surface area contributed by atoms with E-state index in [1.54, 1.807) is 41.4 Å². The minimum absolute atomic E-state index is 0.0598. The number of thiazole rings is 1. The molecule has 0 radical (unpaired) electrons. The van der Waals surface area contributed by atoms with E-state index >= 15 is 0 Å². The van der Waals surface area contributed by atoms with Gasteiger partial charge < -0.3 is 10.6 Å². The molecule has 1 aliphatic rings. The molecular weight excluding hydrogens is 377 g/mol. The number of aryl methyl sites for hydroxylation is 2. The zero-order valence-electron chi connectivity index (χ0n) is 15.8. The van der Waals surface area contributed by atoms with Crippen molar-refractivity contribution >= 4 is 17.2 Å². The second-order valence-electron chi connectivity index (χ2n) is 6.96. The molecule has 2 N–H and O–H groups in total. The minimum Gasteiger partial charge on any atom is -0.347 e. The number of likely N-dealkylation sites (N-methyl/N-ethyl adjacent to an activating group) is 1. The molecule has 0 saturated carbocycles. The lowest BCUT2D eigenvalue weighted by atomic mass is 9.97. The van der Waals surface area contributed by atoms with Gasteiger partial charge in [-0.1, -0.05) is 0 Å². The first-order valence-electron chi connectivity index (χ1n) is 9.27. The number of benzene rings is 1. The summed E-state index contributed by atoms with van der Waals surface area (Å²) in [6.45, 7) is 0. The number of aromatic nitrogens is 3. The van der Waals surface area contributed by atoms with Gasteiger partial charge in [-0.3, -0.25) is 9.48 Å². The Morgan fingerprint density at radius 1 is 1.36 bits per heavy atom. The van der Waals surface area contributed by atoms with Crippen molar-refractivity contribution in [1.29, 1.82) is 0 Å². The lowest BCUT2D eigenvalue weighted by Gasteiger charge is -2.24. The van der Waals surface area contributed by atoms with Crippen LogP contribution in [0.4, 0.5) is 4.39 Å². The van der Waals surface area contributed by atoms with Crippen molar-refractivity contribution in [3.8, 4) is 10.6 Å². The van der Waals surface area contributed by atoms with Crippen molar-refractivity contribution in [3.05, 3.63) is 58.6 Å². The second kappa shape index (κ2) is 7.81. The fourth-order valence-electron chi connectivity index (χ4n) is 3.57. The van der Waals surface area contributed by atoms with Crippen LogP contribution in [0.2, 0.25) is 0 Å². The van der Waals surface area contributed by atoms with Crippen LogP contribution in [-0.4, -0.2) is 27.7 Å². The Hall–Kier alpha value is -2.58. The van der Waals surface area contributed by atoms with Crippen LogP contribution in [0.15, 0.2) is 36.7 Å². The quantitative estimate of drug-likeness (QED) is 0.691. The lowest BCUT2D eigenvalue weighted by molar-refractivity contribution is -0.124. The number of hydrogen-bond donors (Lipinski definition) is 2. The number of rotatable bonds is 5. The average molecular weight is 399 g/mol. The van der Waals surface area contributed by atoms with Crippen LogP contribution >= 0.6 is 11.3 Å². The van der Waals surface area contributed by atoms with E-state index in [0.29, 0.717) is 0 Å². The summed E-state index contributed by atoms with van der Waals surface area (Å²) in [5, 5.41) is 11.3. The molecule has 2 heterocycles. The maximum Gasteiger partial charge on any atom is 0.242 e. The molecule has 2 atom stereocenters. The molecular formula is C20H22FN5OS. The van der Waals surface area contributed by atoms with Gasteiger partial charge in [0.2, 0.25) is 5.91 Å². The van der Waals surface area contributed by atoms with Gasteiger partial charge >= 0.3 is 0 Å². The first-order valence-corrected chi connectivity index (χ1v) is 10.1. The molecule has 3 aromatic rings. The fourth-order valence-corrected chi connectivity index (χ4v) is 4.77. The zero-order valence-corrected chi connectivity index (χ0v) is 16.6. The number of halogens is 1. The number of fused-ring (bicyclic) bond motifs is 1. The minimum atomic E-state index is -0.455. The van der Waals surface area contributed by atoms with Crippen molar-refractivity contribution in [2.45, 2.75) is 31.3 Å². The Bertz CT molecular complexity index is 981. The third-order valence-electron chi connectivity index (χ3n) is 4.97. The Morgan fingerprint density at radius 3 is 2.82 bits per heavy atom. The normalized spacial score (nSPS) is 17.2. The van der Waals surface area contributed by atoms with Gasteiger partial charge in [0.15, 0.2) is 0 Å². The third kappa shape index (κ3) is 3.70. The highest BCUT2D eigenvalue weighted by atomic mass is 32.1. The first kappa shape index (κ1) is 18.8. The van der Waals surface area contributed by atoms with Crippen molar-refractivity contribution in [1.82, 2.24) is 25.4 Å². The van der Waals surface area contributed by atoms with E-state index in [4.69, 9.17) is 4.98 Å². The molecule has 0 saturated heterocycles. The number of amides is 1. The molecule has 0 bridgehead atoms. The summed E-state index contributed by atoms with van der Waals surface area (Å²) in [6.07, 6.45) is 6.30. The standard InChI is InChI=1S/C20H22FN5OS/c1-22-17(13-10-23-26(2)11-13)19(27)24-15-4-3-5-16-18(15)28-20(25-16)12-6-8-14(21)9-7-12/h6-11,15,17,22H,3-5H2,1-2H3,(H,24,27). The van der Waals surface area contributed by atoms with Crippen molar-refractivity contribution < 1.29 is 9.18 Å². The van der Waals surface area contributed by atoms with Gasteiger partial charge in [-0.2, -0.15) is 5.10 Å². The van der Waals surface area contributed by atoms with E-state index in [9.17, 15) is 9.18 Å². The molecule has 2 unspecified atom stereocenters. The number of carbonyl (C=O) groups excluding carboxylic acids is 1. The highest BCUT2D eigenvalue weighted by molar-refractivity contribution is 7.15. The molecule has 4 rings (SSSR count). The van der Waals surface area contributed by atoms with Gasteiger partial charge in [0.05, 0.1) is 22.8 Å². The van der Waals surface area contributed by atoms with E-state index in [1.165, 1.54) is 12.1 Å². The predicted molar refractivity (Wildman–Crippen MR) is 106 cm³/mol. The average Bonchev–Trinajstić information content (AvgIpc) is 3.30. The van der Waals surface area contributed by atoms with E-state index < -0.39 is 6.04 Å². The van der Waals surface area contributed by atoms with Crippen LogP contribution in [0.5, 0.6) is 0 Å². The summed E-state index contributed by atoms with van der Waals surface area (Å²) in [5.74, 6) is -0.339. The van der Waals surface area contributed by atoms with Gasteiger partial charge in [-0.25, -0.2) is 9.37 Å². The van der Waals surface area contributed by atoms with Gasteiger partial charge in [0, 0.05) is 24.4 Å². The number of carbonyl (C=O) groups is 1. The van der Waals surface area contributed by atoms with Gasteiger partial charge in [-0.05, 0) is 50.6 Å². The summed E-state index contributed by atoms with van der Waals surface area (Å²) < 4.78 is 14.9. The summed E-state index contributed by atoms with van der Waals surface area (Å²) in [4.78, 5) is 18.8. The molecule has 146 valence electrons. The van der Waals surface area contributed by atoms with E-state index in [-0.39, 0.29) is 17.8 Å². The lowest BCUT2D eigenvalue weighted by Crippen LogP contribution is -2.38. The molecule has 1 amide bonds.